The summed E-state index contributed by atoms with van der Waals surface area (Å²) < 4.78 is 0. The van der Waals surface area contributed by atoms with E-state index in [0.717, 1.165) is 11.3 Å². The van der Waals surface area contributed by atoms with Crippen LogP contribution in [0.5, 0.6) is 0 Å². The molecule has 2 amide bonds. The fourth-order valence-electron chi connectivity index (χ4n) is 2.60. The minimum Gasteiger partial charge on any atom is -0.378 e. The van der Waals surface area contributed by atoms with Crippen LogP contribution in [0.15, 0.2) is 54.6 Å². The van der Waals surface area contributed by atoms with Crippen molar-refractivity contribution < 1.29 is 9.59 Å². The third-order valence-electron chi connectivity index (χ3n) is 4.12. The summed E-state index contributed by atoms with van der Waals surface area (Å²) in [4.78, 5) is 26.9. The third kappa shape index (κ3) is 5.62. The Kier molecular flexibility index (Phi) is 6.78. The largest absolute Gasteiger partial charge is 0.378 e. The lowest BCUT2D eigenvalue weighted by Crippen LogP contribution is -2.47. The summed E-state index contributed by atoms with van der Waals surface area (Å²) in [5.41, 5.74) is 2.69. The molecule has 2 N–H and O–H groups in total. The number of anilines is 2. The Labute approximate surface area is 155 Å². The molecule has 1 unspecified atom stereocenters. The van der Waals surface area contributed by atoms with Crippen LogP contribution in [0.2, 0.25) is 0 Å². The molecule has 0 aliphatic carbocycles. The smallest absolute Gasteiger partial charge is 0.247 e. The van der Waals surface area contributed by atoms with Gasteiger partial charge in [0.25, 0.3) is 0 Å². The van der Waals surface area contributed by atoms with Crippen LogP contribution in [-0.2, 0) is 16.0 Å². The molecule has 0 aliphatic heterocycles. The molecule has 0 aromatic heterocycles. The SMILES string of the molecule is CC(C)C(NC(=O)Cc1ccccc1)C(=O)Nc1ccc(N(C)C)cc1. The summed E-state index contributed by atoms with van der Waals surface area (Å²) in [6.45, 7) is 3.84. The van der Waals surface area contributed by atoms with Crippen LogP contribution < -0.4 is 15.5 Å². The van der Waals surface area contributed by atoms with Gasteiger partial charge in [0, 0.05) is 25.5 Å². The van der Waals surface area contributed by atoms with Gasteiger partial charge in [0.1, 0.15) is 6.04 Å². The molecule has 2 aromatic carbocycles. The van der Waals surface area contributed by atoms with Crippen LogP contribution in [0.4, 0.5) is 11.4 Å². The predicted molar refractivity (Wildman–Crippen MR) is 106 cm³/mol. The number of carbonyl (C=O) groups excluding carboxylic acids is 2. The van der Waals surface area contributed by atoms with E-state index in [2.05, 4.69) is 10.6 Å². The molecule has 0 saturated heterocycles. The lowest BCUT2D eigenvalue weighted by atomic mass is 10.0. The zero-order chi connectivity index (χ0) is 19.1. The highest BCUT2D eigenvalue weighted by molar-refractivity contribution is 5.97. The molecule has 138 valence electrons. The van der Waals surface area contributed by atoms with Gasteiger partial charge in [0.05, 0.1) is 6.42 Å². The molecule has 0 radical (unpaired) electrons. The van der Waals surface area contributed by atoms with E-state index in [1.54, 1.807) is 0 Å². The minimum atomic E-state index is -0.584. The summed E-state index contributed by atoms with van der Waals surface area (Å²) in [5, 5.41) is 5.74. The summed E-state index contributed by atoms with van der Waals surface area (Å²) in [6.07, 6.45) is 0.259. The lowest BCUT2D eigenvalue weighted by molar-refractivity contribution is -0.127. The van der Waals surface area contributed by atoms with Crippen molar-refractivity contribution in [2.75, 3.05) is 24.3 Å². The number of amides is 2. The number of hydrogen-bond acceptors (Lipinski definition) is 3. The summed E-state index contributed by atoms with van der Waals surface area (Å²) in [5.74, 6) is -0.386. The van der Waals surface area contributed by atoms with Gasteiger partial charge in [0.2, 0.25) is 11.8 Å². The Morgan fingerprint density at radius 3 is 2.12 bits per heavy atom. The highest BCUT2D eigenvalue weighted by Crippen LogP contribution is 2.16. The van der Waals surface area contributed by atoms with Gasteiger partial charge < -0.3 is 15.5 Å². The summed E-state index contributed by atoms with van der Waals surface area (Å²) in [7, 11) is 3.93. The highest BCUT2D eigenvalue weighted by Gasteiger charge is 2.24. The molecule has 0 aliphatic rings. The quantitative estimate of drug-likeness (QED) is 0.804. The second-order valence-electron chi connectivity index (χ2n) is 6.88. The zero-order valence-corrected chi connectivity index (χ0v) is 15.8. The van der Waals surface area contributed by atoms with Crippen molar-refractivity contribution in [2.45, 2.75) is 26.3 Å². The maximum atomic E-state index is 12.6. The molecule has 0 bridgehead atoms. The number of benzene rings is 2. The molecule has 5 heteroatoms. The molecule has 5 nitrogen and oxygen atoms in total. The van der Waals surface area contributed by atoms with Gasteiger partial charge >= 0.3 is 0 Å². The third-order valence-corrected chi connectivity index (χ3v) is 4.12. The Bertz CT molecular complexity index is 725. The van der Waals surface area contributed by atoms with E-state index >= 15 is 0 Å². The van der Waals surface area contributed by atoms with Gasteiger partial charge in [-0.2, -0.15) is 0 Å². The average molecular weight is 353 g/mol. The van der Waals surface area contributed by atoms with Crippen molar-refractivity contribution in [3.05, 3.63) is 60.2 Å². The molecule has 0 spiro atoms. The Balaban J connectivity index is 1.99. The molecular formula is C21H27N3O2. The lowest BCUT2D eigenvalue weighted by Gasteiger charge is -2.22. The molecular weight excluding hydrogens is 326 g/mol. The number of hydrogen-bond donors (Lipinski definition) is 2. The fraction of sp³-hybridized carbons (Fsp3) is 0.333. The van der Waals surface area contributed by atoms with E-state index in [1.807, 2.05) is 87.4 Å². The van der Waals surface area contributed by atoms with E-state index in [-0.39, 0.29) is 24.2 Å². The van der Waals surface area contributed by atoms with Crippen LogP contribution >= 0.6 is 0 Å². The first-order chi connectivity index (χ1) is 12.4. The maximum absolute atomic E-state index is 12.6. The molecule has 1 atom stereocenters. The van der Waals surface area contributed by atoms with Gasteiger partial charge in [-0.05, 0) is 35.7 Å². The second-order valence-corrected chi connectivity index (χ2v) is 6.88. The van der Waals surface area contributed by atoms with Crippen LogP contribution in [-0.4, -0.2) is 32.0 Å². The van der Waals surface area contributed by atoms with E-state index < -0.39 is 6.04 Å². The normalized spacial score (nSPS) is 11.7. The first kappa shape index (κ1) is 19.5. The molecule has 26 heavy (non-hydrogen) atoms. The van der Waals surface area contributed by atoms with Crippen molar-refractivity contribution in [3.63, 3.8) is 0 Å². The minimum absolute atomic E-state index is 0.0178. The number of nitrogens with one attached hydrogen (secondary N) is 2. The Morgan fingerprint density at radius 1 is 0.962 bits per heavy atom. The van der Waals surface area contributed by atoms with Crippen LogP contribution in [0.3, 0.4) is 0 Å². The first-order valence-electron chi connectivity index (χ1n) is 8.78. The van der Waals surface area contributed by atoms with E-state index in [4.69, 9.17) is 0 Å². The van der Waals surface area contributed by atoms with Crippen LogP contribution in [0, 0.1) is 5.92 Å². The highest BCUT2D eigenvalue weighted by atomic mass is 16.2. The molecule has 2 rings (SSSR count). The van der Waals surface area contributed by atoms with Gasteiger partial charge in [-0.25, -0.2) is 0 Å². The zero-order valence-electron chi connectivity index (χ0n) is 15.8. The van der Waals surface area contributed by atoms with Crippen LogP contribution in [0.25, 0.3) is 0 Å². The number of nitrogens with zero attached hydrogens (tertiary/aromatic N) is 1. The van der Waals surface area contributed by atoms with Crippen LogP contribution in [0.1, 0.15) is 19.4 Å². The van der Waals surface area contributed by atoms with Crippen molar-refractivity contribution >= 4 is 23.2 Å². The predicted octanol–water partition coefficient (Wildman–Crippen LogP) is 3.07. The molecule has 0 fully saturated rings. The van der Waals surface area contributed by atoms with Crippen molar-refractivity contribution in [1.29, 1.82) is 0 Å². The average Bonchev–Trinajstić information content (AvgIpc) is 2.60. The Morgan fingerprint density at radius 2 is 1.58 bits per heavy atom. The van der Waals surface area contributed by atoms with Gasteiger partial charge in [-0.3, -0.25) is 9.59 Å². The summed E-state index contributed by atoms with van der Waals surface area (Å²) in [6, 6.07) is 16.5. The summed E-state index contributed by atoms with van der Waals surface area (Å²) >= 11 is 0. The number of carbonyl (C=O) groups is 2. The van der Waals surface area contributed by atoms with E-state index in [1.165, 1.54) is 0 Å². The monoisotopic (exact) mass is 353 g/mol. The maximum Gasteiger partial charge on any atom is 0.247 e. The molecule has 0 saturated carbocycles. The van der Waals surface area contributed by atoms with Crippen molar-refractivity contribution in [1.82, 2.24) is 5.32 Å². The fourth-order valence-corrected chi connectivity index (χ4v) is 2.60. The van der Waals surface area contributed by atoms with Gasteiger partial charge in [-0.15, -0.1) is 0 Å². The van der Waals surface area contributed by atoms with E-state index in [9.17, 15) is 9.59 Å². The van der Waals surface area contributed by atoms with Gasteiger partial charge in [-0.1, -0.05) is 44.2 Å². The molecule has 2 aromatic rings. The molecule has 0 heterocycles. The van der Waals surface area contributed by atoms with E-state index in [0.29, 0.717) is 5.69 Å². The number of rotatable bonds is 7. The van der Waals surface area contributed by atoms with Crippen molar-refractivity contribution in [2.24, 2.45) is 5.92 Å². The second kappa shape index (κ2) is 9.04. The van der Waals surface area contributed by atoms with Crippen molar-refractivity contribution in [3.8, 4) is 0 Å². The Hall–Kier alpha value is -2.82. The topological polar surface area (TPSA) is 61.4 Å². The first-order valence-corrected chi connectivity index (χ1v) is 8.78. The standard InChI is InChI=1S/C21H27N3O2/c1-15(2)20(23-19(25)14-16-8-6-5-7-9-16)21(26)22-17-10-12-18(13-11-17)24(3)4/h5-13,15,20H,14H2,1-4H3,(H,22,26)(H,23,25). The van der Waals surface area contributed by atoms with Gasteiger partial charge in [0.15, 0.2) is 0 Å².